The second-order valence-electron chi connectivity index (χ2n) is 5.77. The standard InChI is InChI=1S/C18H16N2O4/c1-23-9-13-16(21)7-15-17-11(8-20(15)18(13)22)5-10-6-12(24-2)3-4-14(10)19-17/h3-7,21H,8-9H2,1-2H3. The maximum Gasteiger partial charge on any atom is 0.260 e. The van der Waals surface area contributed by atoms with Crippen LogP contribution in [0, 0.1) is 0 Å². The Labute approximate surface area is 137 Å². The molecule has 2 aromatic heterocycles. The predicted molar refractivity (Wildman–Crippen MR) is 89.5 cm³/mol. The van der Waals surface area contributed by atoms with Gasteiger partial charge in [0.25, 0.3) is 5.56 Å². The highest BCUT2D eigenvalue weighted by molar-refractivity contribution is 5.85. The molecule has 0 saturated heterocycles. The topological polar surface area (TPSA) is 73.6 Å². The van der Waals surface area contributed by atoms with Crippen molar-refractivity contribution >= 4 is 10.9 Å². The lowest BCUT2D eigenvalue weighted by Gasteiger charge is -2.08. The maximum atomic E-state index is 12.6. The van der Waals surface area contributed by atoms with Crippen molar-refractivity contribution in [3.05, 3.63) is 51.8 Å². The van der Waals surface area contributed by atoms with Gasteiger partial charge in [-0.15, -0.1) is 0 Å². The third-order valence-electron chi connectivity index (χ3n) is 4.34. The number of hydrogen-bond acceptors (Lipinski definition) is 5. The van der Waals surface area contributed by atoms with E-state index < -0.39 is 0 Å². The van der Waals surface area contributed by atoms with Crippen molar-refractivity contribution in [1.82, 2.24) is 9.55 Å². The highest BCUT2D eigenvalue weighted by Gasteiger charge is 2.25. The van der Waals surface area contributed by atoms with Crippen LogP contribution < -0.4 is 10.3 Å². The Morgan fingerprint density at radius 1 is 1.25 bits per heavy atom. The van der Waals surface area contributed by atoms with Gasteiger partial charge in [-0.3, -0.25) is 4.79 Å². The number of nitrogens with zero attached hydrogens (tertiary/aromatic N) is 2. The smallest absolute Gasteiger partial charge is 0.260 e. The first-order valence-electron chi connectivity index (χ1n) is 7.55. The minimum absolute atomic E-state index is 0.0578. The molecule has 0 radical (unpaired) electrons. The molecule has 0 bridgehead atoms. The highest BCUT2D eigenvalue weighted by Crippen LogP contribution is 2.34. The van der Waals surface area contributed by atoms with Crippen molar-refractivity contribution in [2.75, 3.05) is 14.2 Å². The molecule has 0 fully saturated rings. The molecule has 0 atom stereocenters. The average Bonchev–Trinajstić information content (AvgIpc) is 2.94. The first-order valence-corrected chi connectivity index (χ1v) is 7.55. The van der Waals surface area contributed by atoms with Gasteiger partial charge in [-0.05, 0) is 24.3 Å². The number of aromatic hydroxyl groups is 1. The van der Waals surface area contributed by atoms with Gasteiger partial charge in [0.2, 0.25) is 0 Å². The molecule has 0 amide bonds. The Morgan fingerprint density at radius 2 is 2.08 bits per heavy atom. The summed E-state index contributed by atoms with van der Waals surface area (Å²) in [6.07, 6.45) is 0. The van der Waals surface area contributed by atoms with Gasteiger partial charge in [0.1, 0.15) is 11.5 Å². The summed E-state index contributed by atoms with van der Waals surface area (Å²) in [6.45, 7) is 0.508. The number of ether oxygens (including phenoxy) is 2. The summed E-state index contributed by atoms with van der Waals surface area (Å²) >= 11 is 0. The van der Waals surface area contributed by atoms with Crippen LogP contribution >= 0.6 is 0 Å². The van der Waals surface area contributed by atoms with Gasteiger partial charge < -0.3 is 19.1 Å². The number of benzene rings is 1. The largest absolute Gasteiger partial charge is 0.507 e. The molecule has 1 aromatic carbocycles. The Balaban J connectivity index is 1.93. The lowest BCUT2D eigenvalue weighted by atomic mass is 10.1. The molecule has 122 valence electrons. The zero-order valence-electron chi connectivity index (χ0n) is 13.4. The average molecular weight is 324 g/mol. The molecule has 24 heavy (non-hydrogen) atoms. The van der Waals surface area contributed by atoms with Crippen molar-refractivity contribution in [2.45, 2.75) is 13.2 Å². The van der Waals surface area contributed by atoms with Crippen LogP contribution in [-0.2, 0) is 17.9 Å². The van der Waals surface area contributed by atoms with E-state index in [0.29, 0.717) is 12.2 Å². The van der Waals surface area contributed by atoms with E-state index in [1.807, 2.05) is 24.3 Å². The first kappa shape index (κ1) is 14.7. The Morgan fingerprint density at radius 3 is 2.83 bits per heavy atom. The molecule has 1 N–H and O–H groups in total. The van der Waals surface area contributed by atoms with E-state index in [4.69, 9.17) is 9.47 Å². The van der Waals surface area contributed by atoms with Gasteiger partial charge in [-0.25, -0.2) is 4.98 Å². The van der Waals surface area contributed by atoms with E-state index in [9.17, 15) is 9.90 Å². The van der Waals surface area contributed by atoms with Gasteiger partial charge in [0.05, 0.1) is 42.7 Å². The fourth-order valence-corrected chi connectivity index (χ4v) is 3.15. The third kappa shape index (κ3) is 2.07. The summed E-state index contributed by atoms with van der Waals surface area (Å²) in [4.78, 5) is 17.3. The number of hydrogen-bond donors (Lipinski definition) is 1. The molecule has 6 heteroatoms. The van der Waals surface area contributed by atoms with Crippen LogP contribution in [0.25, 0.3) is 22.3 Å². The van der Waals surface area contributed by atoms with Crippen LogP contribution in [0.15, 0.2) is 35.1 Å². The number of pyridine rings is 2. The SMILES string of the molecule is COCc1c(O)cc2n(c1=O)Cc1cc3cc(OC)ccc3nc1-2. The molecule has 1 aliphatic heterocycles. The minimum Gasteiger partial charge on any atom is -0.507 e. The maximum absolute atomic E-state index is 12.6. The Kier molecular flexibility index (Phi) is 3.28. The molecule has 3 aromatic rings. The van der Waals surface area contributed by atoms with Crippen LogP contribution in [0.4, 0.5) is 0 Å². The van der Waals surface area contributed by atoms with Crippen LogP contribution in [0.5, 0.6) is 11.5 Å². The summed E-state index contributed by atoms with van der Waals surface area (Å²) in [5.74, 6) is 0.703. The number of fused-ring (bicyclic) bond motifs is 4. The monoisotopic (exact) mass is 324 g/mol. The summed E-state index contributed by atoms with van der Waals surface area (Å²) in [5, 5.41) is 11.1. The fourth-order valence-electron chi connectivity index (χ4n) is 3.15. The molecule has 0 spiro atoms. The van der Waals surface area contributed by atoms with Gasteiger partial charge in [-0.2, -0.15) is 0 Å². The summed E-state index contributed by atoms with van der Waals surface area (Å²) in [6, 6.07) is 9.25. The second kappa shape index (κ2) is 5.35. The molecule has 0 saturated carbocycles. The van der Waals surface area contributed by atoms with E-state index >= 15 is 0 Å². The third-order valence-corrected chi connectivity index (χ3v) is 4.34. The van der Waals surface area contributed by atoms with Crippen LogP contribution in [0.2, 0.25) is 0 Å². The van der Waals surface area contributed by atoms with Gasteiger partial charge in [0, 0.05) is 24.1 Å². The summed E-state index contributed by atoms with van der Waals surface area (Å²) in [5.41, 5.74) is 3.14. The van der Waals surface area contributed by atoms with E-state index in [1.165, 1.54) is 7.11 Å². The zero-order chi connectivity index (χ0) is 16.8. The quantitative estimate of drug-likeness (QED) is 0.626. The van der Waals surface area contributed by atoms with E-state index in [2.05, 4.69) is 4.98 Å². The summed E-state index contributed by atoms with van der Waals surface area (Å²) in [7, 11) is 3.12. The van der Waals surface area contributed by atoms with Crippen molar-refractivity contribution in [3.8, 4) is 22.9 Å². The van der Waals surface area contributed by atoms with Crippen LogP contribution in [0.3, 0.4) is 0 Å². The van der Waals surface area contributed by atoms with E-state index in [-0.39, 0.29) is 23.5 Å². The fraction of sp³-hybridized carbons (Fsp3) is 0.222. The van der Waals surface area contributed by atoms with Crippen molar-refractivity contribution in [2.24, 2.45) is 0 Å². The molecule has 3 heterocycles. The number of rotatable bonds is 3. The van der Waals surface area contributed by atoms with E-state index in [1.54, 1.807) is 17.7 Å². The van der Waals surface area contributed by atoms with Gasteiger partial charge >= 0.3 is 0 Å². The van der Waals surface area contributed by atoms with E-state index in [0.717, 1.165) is 27.9 Å². The van der Waals surface area contributed by atoms with Gasteiger partial charge in [0.15, 0.2) is 0 Å². The lowest BCUT2D eigenvalue weighted by molar-refractivity contribution is 0.180. The van der Waals surface area contributed by atoms with Crippen molar-refractivity contribution in [3.63, 3.8) is 0 Å². The number of methoxy groups -OCH3 is 2. The highest BCUT2D eigenvalue weighted by atomic mass is 16.5. The van der Waals surface area contributed by atoms with Crippen molar-refractivity contribution in [1.29, 1.82) is 0 Å². The van der Waals surface area contributed by atoms with Crippen LogP contribution in [-0.4, -0.2) is 28.9 Å². The normalized spacial score (nSPS) is 12.2. The molecule has 4 rings (SSSR count). The van der Waals surface area contributed by atoms with Crippen molar-refractivity contribution < 1.29 is 14.6 Å². The molecular formula is C18H16N2O4. The Hall–Kier alpha value is -2.86. The van der Waals surface area contributed by atoms with Crippen LogP contribution in [0.1, 0.15) is 11.1 Å². The Bertz CT molecular complexity index is 1020. The predicted octanol–water partition coefficient (Wildman–Crippen LogP) is 2.29. The first-order chi connectivity index (χ1) is 11.6. The minimum atomic E-state index is -0.244. The molecule has 0 unspecified atom stereocenters. The second-order valence-corrected chi connectivity index (χ2v) is 5.77. The molecule has 1 aliphatic rings. The zero-order valence-corrected chi connectivity index (χ0v) is 13.4. The molecule has 6 nitrogen and oxygen atoms in total. The molecule has 0 aliphatic carbocycles. The molecular weight excluding hydrogens is 308 g/mol. The summed E-state index contributed by atoms with van der Waals surface area (Å²) < 4.78 is 11.9. The van der Waals surface area contributed by atoms with Gasteiger partial charge in [-0.1, -0.05) is 0 Å². The lowest BCUT2D eigenvalue weighted by Crippen LogP contribution is -2.23. The number of aromatic nitrogens is 2.